The highest BCUT2D eigenvalue weighted by atomic mass is 35.5. The summed E-state index contributed by atoms with van der Waals surface area (Å²) in [4.78, 5) is 31.1. The average molecular weight is 425 g/mol. The zero-order valence-corrected chi connectivity index (χ0v) is 16.7. The first kappa shape index (κ1) is 18.8. The van der Waals surface area contributed by atoms with Gasteiger partial charge in [-0.3, -0.25) is 9.36 Å². The Labute approximate surface area is 175 Å². The Balaban J connectivity index is 1.76. The van der Waals surface area contributed by atoms with E-state index in [0.717, 1.165) is 12.8 Å². The van der Waals surface area contributed by atoms with Gasteiger partial charge in [0.1, 0.15) is 5.82 Å². The fraction of sp³-hybridized carbons (Fsp3) is 0.227. The largest absolute Gasteiger partial charge is 0.337 e. The Morgan fingerprint density at radius 1 is 1.10 bits per heavy atom. The van der Waals surface area contributed by atoms with Crippen molar-refractivity contribution in [1.82, 2.24) is 18.7 Å². The summed E-state index contributed by atoms with van der Waals surface area (Å²) in [5.41, 5.74) is 0.946. The van der Waals surface area contributed by atoms with E-state index < -0.39 is 11.2 Å². The molecule has 1 aliphatic rings. The first-order valence-electron chi connectivity index (χ1n) is 9.72. The Morgan fingerprint density at radius 2 is 1.87 bits per heavy atom. The Kier molecular flexibility index (Phi) is 4.55. The molecule has 6 nitrogen and oxygen atoms in total. The fourth-order valence-electron chi connectivity index (χ4n) is 3.66. The number of nitrogens with zero attached hydrogens (tertiary/aromatic N) is 4. The van der Waals surface area contributed by atoms with Crippen molar-refractivity contribution in [3.8, 4) is 5.69 Å². The van der Waals surface area contributed by atoms with Crippen LogP contribution >= 0.6 is 11.6 Å². The number of hydrogen-bond donors (Lipinski definition) is 0. The van der Waals surface area contributed by atoms with Gasteiger partial charge in [0.2, 0.25) is 0 Å². The number of halogens is 2. The molecule has 0 aliphatic heterocycles. The number of imidazole rings is 1. The van der Waals surface area contributed by atoms with E-state index in [0.29, 0.717) is 39.9 Å². The predicted molar refractivity (Wildman–Crippen MR) is 113 cm³/mol. The summed E-state index contributed by atoms with van der Waals surface area (Å²) >= 11 is 6.15. The molecule has 0 atom stereocenters. The molecule has 2 aromatic carbocycles. The molecule has 0 amide bonds. The fourth-order valence-corrected chi connectivity index (χ4v) is 3.84. The molecule has 1 fully saturated rings. The molecule has 0 radical (unpaired) electrons. The second-order valence-electron chi connectivity index (χ2n) is 7.63. The normalized spacial score (nSPS) is 13.8. The molecular formula is C22H18ClFN4O2. The highest BCUT2D eigenvalue weighted by Crippen LogP contribution is 2.31. The molecule has 5 rings (SSSR count). The standard InChI is InChI=1S/C22H18ClFN4O2/c23-16-2-1-3-18(10-16)28-20-19(26(13-25-20)11-14-4-5-14)21(29)27(22(28)30)12-15-6-8-17(24)9-7-15/h1-3,6-10,13-14H,4-5,11-12H2. The number of rotatable bonds is 5. The lowest BCUT2D eigenvalue weighted by Gasteiger charge is -2.13. The third kappa shape index (κ3) is 3.35. The maximum atomic E-state index is 13.4. The van der Waals surface area contributed by atoms with Crippen LogP contribution in [0.1, 0.15) is 18.4 Å². The van der Waals surface area contributed by atoms with Crippen molar-refractivity contribution >= 4 is 22.8 Å². The van der Waals surface area contributed by atoms with Crippen molar-refractivity contribution in [2.24, 2.45) is 5.92 Å². The molecule has 4 aromatic rings. The van der Waals surface area contributed by atoms with Crippen molar-refractivity contribution in [2.75, 3.05) is 0 Å². The summed E-state index contributed by atoms with van der Waals surface area (Å²) in [6.45, 7) is 0.721. The molecule has 0 unspecified atom stereocenters. The summed E-state index contributed by atoms with van der Waals surface area (Å²) in [5, 5.41) is 0.473. The van der Waals surface area contributed by atoms with Crippen LogP contribution in [0.3, 0.4) is 0 Å². The minimum Gasteiger partial charge on any atom is -0.324 e. The van der Waals surface area contributed by atoms with Crippen LogP contribution in [0.2, 0.25) is 5.02 Å². The van der Waals surface area contributed by atoms with Crippen LogP contribution in [-0.4, -0.2) is 18.7 Å². The van der Waals surface area contributed by atoms with E-state index in [1.807, 2.05) is 4.57 Å². The highest BCUT2D eigenvalue weighted by molar-refractivity contribution is 6.30. The molecule has 1 aliphatic carbocycles. The third-order valence-corrected chi connectivity index (χ3v) is 5.61. The van der Waals surface area contributed by atoms with E-state index in [2.05, 4.69) is 4.98 Å². The molecule has 0 N–H and O–H groups in total. The van der Waals surface area contributed by atoms with Gasteiger partial charge in [-0.1, -0.05) is 29.8 Å². The second kappa shape index (κ2) is 7.25. The van der Waals surface area contributed by atoms with Crippen LogP contribution in [0.4, 0.5) is 4.39 Å². The van der Waals surface area contributed by atoms with E-state index >= 15 is 0 Å². The van der Waals surface area contributed by atoms with Crippen LogP contribution < -0.4 is 11.2 Å². The van der Waals surface area contributed by atoms with Crippen LogP contribution in [0.5, 0.6) is 0 Å². The van der Waals surface area contributed by atoms with E-state index in [1.165, 1.54) is 21.3 Å². The molecule has 8 heteroatoms. The van der Waals surface area contributed by atoms with Gasteiger partial charge in [-0.05, 0) is 54.7 Å². The van der Waals surface area contributed by atoms with Gasteiger partial charge in [0.05, 0.1) is 18.6 Å². The molecule has 1 saturated carbocycles. The van der Waals surface area contributed by atoms with E-state index in [9.17, 15) is 14.0 Å². The number of aromatic nitrogens is 4. The monoisotopic (exact) mass is 424 g/mol. The SMILES string of the molecule is O=c1c2c(ncn2CC2CC2)n(-c2cccc(Cl)c2)c(=O)n1Cc1ccc(F)cc1. The summed E-state index contributed by atoms with van der Waals surface area (Å²) in [5.74, 6) is 0.152. The summed E-state index contributed by atoms with van der Waals surface area (Å²) in [6, 6.07) is 12.6. The number of hydrogen-bond acceptors (Lipinski definition) is 3. The molecule has 0 spiro atoms. The smallest absolute Gasteiger partial charge is 0.324 e. The second-order valence-corrected chi connectivity index (χ2v) is 8.06. The van der Waals surface area contributed by atoms with E-state index in [4.69, 9.17) is 11.6 Å². The van der Waals surface area contributed by atoms with Gasteiger partial charge in [-0.15, -0.1) is 0 Å². The quantitative estimate of drug-likeness (QED) is 0.492. The summed E-state index contributed by atoms with van der Waals surface area (Å²) in [7, 11) is 0. The van der Waals surface area contributed by atoms with Gasteiger partial charge in [0.15, 0.2) is 11.2 Å². The zero-order valence-electron chi connectivity index (χ0n) is 16.0. The number of fused-ring (bicyclic) bond motifs is 1. The van der Waals surface area contributed by atoms with Crippen molar-refractivity contribution < 1.29 is 4.39 Å². The van der Waals surface area contributed by atoms with Crippen molar-refractivity contribution in [1.29, 1.82) is 0 Å². The van der Waals surface area contributed by atoms with Gasteiger partial charge >= 0.3 is 5.69 Å². The van der Waals surface area contributed by atoms with Gasteiger partial charge < -0.3 is 4.57 Å². The minimum absolute atomic E-state index is 0.0308. The van der Waals surface area contributed by atoms with Crippen LogP contribution in [-0.2, 0) is 13.1 Å². The average Bonchev–Trinajstić information content (AvgIpc) is 3.45. The lowest BCUT2D eigenvalue weighted by atomic mass is 10.2. The molecule has 0 saturated heterocycles. The maximum absolute atomic E-state index is 13.4. The Morgan fingerprint density at radius 3 is 2.57 bits per heavy atom. The summed E-state index contributed by atoms with van der Waals surface area (Å²) < 4.78 is 17.7. The Bertz CT molecular complexity index is 1370. The zero-order chi connectivity index (χ0) is 20.8. The van der Waals surface area contributed by atoms with Crippen LogP contribution in [0.25, 0.3) is 16.9 Å². The van der Waals surface area contributed by atoms with E-state index in [-0.39, 0.29) is 12.4 Å². The Hall–Kier alpha value is -3.19. The van der Waals surface area contributed by atoms with Crippen molar-refractivity contribution in [3.05, 3.63) is 92.1 Å². The van der Waals surface area contributed by atoms with Gasteiger partial charge in [-0.25, -0.2) is 18.7 Å². The third-order valence-electron chi connectivity index (χ3n) is 5.37. The van der Waals surface area contributed by atoms with Crippen LogP contribution in [0, 0.1) is 11.7 Å². The molecule has 30 heavy (non-hydrogen) atoms. The molecule has 152 valence electrons. The predicted octanol–water partition coefficient (Wildman–Crippen LogP) is 3.60. The summed E-state index contributed by atoms with van der Waals surface area (Å²) in [6.07, 6.45) is 3.86. The maximum Gasteiger partial charge on any atom is 0.337 e. The first-order chi connectivity index (χ1) is 14.5. The van der Waals surface area contributed by atoms with Crippen LogP contribution in [0.15, 0.2) is 64.4 Å². The molecule has 2 heterocycles. The number of benzene rings is 2. The van der Waals surface area contributed by atoms with Crippen molar-refractivity contribution in [3.63, 3.8) is 0 Å². The first-order valence-corrected chi connectivity index (χ1v) is 10.1. The lowest BCUT2D eigenvalue weighted by molar-refractivity contribution is 0.622. The minimum atomic E-state index is -0.518. The van der Waals surface area contributed by atoms with Crippen molar-refractivity contribution in [2.45, 2.75) is 25.9 Å². The molecular weight excluding hydrogens is 407 g/mol. The van der Waals surface area contributed by atoms with E-state index in [1.54, 1.807) is 42.7 Å². The molecule has 0 bridgehead atoms. The molecule has 2 aromatic heterocycles. The van der Waals surface area contributed by atoms with Gasteiger partial charge in [0, 0.05) is 11.6 Å². The lowest BCUT2D eigenvalue weighted by Crippen LogP contribution is -2.40. The topological polar surface area (TPSA) is 61.8 Å². The highest BCUT2D eigenvalue weighted by Gasteiger charge is 2.25. The van der Waals surface area contributed by atoms with Gasteiger partial charge in [0.25, 0.3) is 5.56 Å². The van der Waals surface area contributed by atoms with Gasteiger partial charge in [-0.2, -0.15) is 0 Å².